The zero-order chi connectivity index (χ0) is 21.3. The number of hydrogen-bond donors (Lipinski definition) is 1. The number of aromatic nitrogens is 3. The Balaban J connectivity index is 1.60. The number of anilines is 1. The first-order valence-corrected chi connectivity index (χ1v) is 10.3. The molecular weight excluding hydrogens is 376 g/mol. The minimum Gasteiger partial charge on any atom is -0.379 e. The number of benzene rings is 2. The van der Waals surface area contributed by atoms with Crippen LogP contribution in [0.1, 0.15) is 39.2 Å². The van der Waals surface area contributed by atoms with E-state index in [1.807, 2.05) is 43.3 Å². The molecule has 0 saturated carbocycles. The minimum atomic E-state index is -0.0975. The standard InChI is InChI=1S/C24H28N4O2/c1-4-30-17(2)6-5-7-19-8-10-21(11-9-19)24-25-16-23(27-28-24)20-12-14-22(15-13-20)26-18(3)29/h8-17H,4-7H2,1-3H3,(H,26,29). The van der Waals surface area contributed by atoms with Gasteiger partial charge >= 0.3 is 0 Å². The Hall–Kier alpha value is -3.12. The van der Waals surface area contributed by atoms with Crippen LogP contribution in [0.15, 0.2) is 54.7 Å². The number of nitrogens with zero attached hydrogens (tertiary/aromatic N) is 3. The van der Waals surface area contributed by atoms with E-state index in [2.05, 4.69) is 39.6 Å². The van der Waals surface area contributed by atoms with Gasteiger partial charge in [0.15, 0.2) is 5.82 Å². The number of amides is 1. The van der Waals surface area contributed by atoms with Crippen LogP contribution in [0.25, 0.3) is 22.6 Å². The van der Waals surface area contributed by atoms with Crippen LogP contribution < -0.4 is 5.32 Å². The molecule has 1 aromatic heterocycles. The predicted octanol–water partition coefficient (Wildman–Crippen LogP) is 4.91. The van der Waals surface area contributed by atoms with Crippen molar-refractivity contribution in [1.29, 1.82) is 0 Å². The van der Waals surface area contributed by atoms with Gasteiger partial charge in [-0.2, -0.15) is 0 Å². The molecule has 0 bridgehead atoms. The molecule has 0 radical (unpaired) electrons. The molecule has 3 aromatic rings. The third kappa shape index (κ3) is 6.19. The molecule has 1 N–H and O–H groups in total. The molecule has 1 atom stereocenters. The summed E-state index contributed by atoms with van der Waals surface area (Å²) in [6, 6.07) is 15.8. The SMILES string of the molecule is CCOC(C)CCCc1ccc(-c2ncc(-c3ccc(NC(C)=O)cc3)nn2)cc1. The number of aryl methyl sites for hydroxylation is 1. The van der Waals surface area contributed by atoms with Crippen LogP contribution >= 0.6 is 0 Å². The minimum absolute atomic E-state index is 0.0975. The van der Waals surface area contributed by atoms with Crippen LogP contribution in [0.5, 0.6) is 0 Å². The van der Waals surface area contributed by atoms with E-state index in [1.165, 1.54) is 12.5 Å². The van der Waals surface area contributed by atoms with E-state index in [4.69, 9.17) is 4.74 Å². The molecule has 2 aromatic carbocycles. The monoisotopic (exact) mass is 404 g/mol. The first kappa shape index (κ1) is 21.6. The van der Waals surface area contributed by atoms with Crippen molar-refractivity contribution < 1.29 is 9.53 Å². The summed E-state index contributed by atoms with van der Waals surface area (Å²) >= 11 is 0. The third-order valence-electron chi connectivity index (χ3n) is 4.80. The number of ether oxygens (including phenoxy) is 1. The van der Waals surface area contributed by atoms with Crippen molar-refractivity contribution in [3.63, 3.8) is 0 Å². The second-order valence-electron chi connectivity index (χ2n) is 7.28. The van der Waals surface area contributed by atoms with Gasteiger partial charge < -0.3 is 10.1 Å². The molecule has 1 amide bonds. The van der Waals surface area contributed by atoms with Gasteiger partial charge in [0.25, 0.3) is 0 Å². The Morgan fingerprint density at radius 2 is 1.73 bits per heavy atom. The van der Waals surface area contributed by atoms with E-state index in [-0.39, 0.29) is 5.91 Å². The van der Waals surface area contributed by atoms with Crippen molar-refractivity contribution in [2.24, 2.45) is 0 Å². The first-order valence-electron chi connectivity index (χ1n) is 10.3. The van der Waals surface area contributed by atoms with Crippen LogP contribution in [0.3, 0.4) is 0 Å². The Morgan fingerprint density at radius 3 is 2.33 bits per heavy atom. The largest absolute Gasteiger partial charge is 0.379 e. The van der Waals surface area contributed by atoms with E-state index in [0.717, 1.165) is 42.7 Å². The zero-order valence-corrected chi connectivity index (χ0v) is 17.8. The molecule has 0 fully saturated rings. The third-order valence-corrected chi connectivity index (χ3v) is 4.80. The van der Waals surface area contributed by atoms with Crippen molar-refractivity contribution in [3.8, 4) is 22.6 Å². The maximum Gasteiger partial charge on any atom is 0.221 e. The molecule has 0 saturated heterocycles. The number of rotatable bonds is 9. The van der Waals surface area contributed by atoms with Crippen molar-refractivity contribution >= 4 is 11.6 Å². The maximum atomic E-state index is 11.1. The average Bonchev–Trinajstić information content (AvgIpc) is 2.75. The lowest BCUT2D eigenvalue weighted by molar-refractivity contribution is -0.114. The maximum absolute atomic E-state index is 11.1. The molecule has 30 heavy (non-hydrogen) atoms. The summed E-state index contributed by atoms with van der Waals surface area (Å²) < 4.78 is 5.58. The molecule has 6 heteroatoms. The highest BCUT2D eigenvalue weighted by molar-refractivity contribution is 5.88. The second kappa shape index (κ2) is 10.6. The van der Waals surface area contributed by atoms with Gasteiger partial charge in [0.05, 0.1) is 12.3 Å². The van der Waals surface area contributed by atoms with E-state index in [9.17, 15) is 4.79 Å². The zero-order valence-electron chi connectivity index (χ0n) is 17.8. The number of carbonyl (C=O) groups is 1. The van der Waals surface area contributed by atoms with E-state index >= 15 is 0 Å². The molecule has 3 rings (SSSR count). The molecular formula is C24H28N4O2. The van der Waals surface area contributed by atoms with Crippen LogP contribution in [-0.4, -0.2) is 33.8 Å². The summed E-state index contributed by atoms with van der Waals surface area (Å²) in [5, 5.41) is 11.3. The smallest absolute Gasteiger partial charge is 0.221 e. The fraction of sp³-hybridized carbons (Fsp3) is 0.333. The van der Waals surface area contributed by atoms with Gasteiger partial charge in [-0.15, -0.1) is 10.2 Å². The van der Waals surface area contributed by atoms with Crippen LogP contribution in [-0.2, 0) is 16.0 Å². The normalized spacial score (nSPS) is 11.8. The Morgan fingerprint density at radius 1 is 1.03 bits per heavy atom. The molecule has 0 aliphatic rings. The topological polar surface area (TPSA) is 77.0 Å². The van der Waals surface area contributed by atoms with E-state index in [0.29, 0.717) is 17.6 Å². The highest BCUT2D eigenvalue weighted by Crippen LogP contribution is 2.21. The van der Waals surface area contributed by atoms with Gasteiger partial charge in [-0.25, -0.2) is 4.98 Å². The van der Waals surface area contributed by atoms with Crippen molar-refractivity contribution in [2.45, 2.75) is 46.1 Å². The van der Waals surface area contributed by atoms with Crippen molar-refractivity contribution in [3.05, 3.63) is 60.3 Å². The van der Waals surface area contributed by atoms with E-state index < -0.39 is 0 Å². The van der Waals surface area contributed by atoms with E-state index in [1.54, 1.807) is 6.20 Å². The molecule has 0 spiro atoms. The molecule has 6 nitrogen and oxygen atoms in total. The predicted molar refractivity (Wildman–Crippen MR) is 119 cm³/mol. The van der Waals surface area contributed by atoms with Crippen LogP contribution in [0.2, 0.25) is 0 Å². The fourth-order valence-corrected chi connectivity index (χ4v) is 3.25. The fourth-order valence-electron chi connectivity index (χ4n) is 3.25. The number of nitrogens with one attached hydrogen (secondary N) is 1. The summed E-state index contributed by atoms with van der Waals surface area (Å²) in [4.78, 5) is 15.6. The summed E-state index contributed by atoms with van der Waals surface area (Å²) in [5.41, 5.74) is 4.57. The van der Waals surface area contributed by atoms with Crippen LogP contribution in [0, 0.1) is 0 Å². The molecule has 1 heterocycles. The highest BCUT2D eigenvalue weighted by atomic mass is 16.5. The molecule has 0 aliphatic heterocycles. The Bertz CT molecular complexity index is 938. The quantitative estimate of drug-likeness (QED) is 0.548. The highest BCUT2D eigenvalue weighted by Gasteiger charge is 2.06. The Kier molecular flexibility index (Phi) is 7.63. The molecule has 1 unspecified atom stereocenters. The van der Waals surface area contributed by atoms with Gasteiger partial charge in [-0.1, -0.05) is 36.4 Å². The summed E-state index contributed by atoms with van der Waals surface area (Å²) in [7, 11) is 0. The first-order chi connectivity index (χ1) is 14.5. The lowest BCUT2D eigenvalue weighted by atomic mass is 10.0. The second-order valence-corrected chi connectivity index (χ2v) is 7.28. The number of carbonyl (C=O) groups excluding carboxylic acids is 1. The molecule has 156 valence electrons. The van der Waals surface area contributed by atoms with Gasteiger partial charge in [-0.3, -0.25) is 4.79 Å². The van der Waals surface area contributed by atoms with Gasteiger partial charge in [0.2, 0.25) is 5.91 Å². The molecule has 0 aliphatic carbocycles. The summed E-state index contributed by atoms with van der Waals surface area (Å²) in [5.74, 6) is 0.504. The van der Waals surface area contributed by atoms with Crippen molar-refractivity contribution in [1.82, 2.24) is 15.2 Å². The summed E-state index contributed by atoms with van der Waals surface area (Å²) in [6.07, 6.45) is 5.24. The van der Waals surface area contributed by atoms with Crippen LogP contribution in [0.4, 0.5) is 5.69 Å². The Labute approximate surface area is 177 Å². The van der Waals surface area contributed by atoms with Gasteiger partial charge in [0.1, 0.15) is 5.69 Å². The number of hydrogen-bond acceptors (Lipinski definition) is 5. The van der Waals surface area contributed by atoms with Gasteiger partial charge in [0, 0.05) is 30.3 Å². The lowest BCUT2D eigenvalue weighted by Crippen LogP contribution is -2.07. The summed E-state index contributed by atoms with van der Waals surface area (Å²) in [6.45, 7) is 6.41. The lowest BCUT2D eigenvalue weighted by Gasteiger charge is -2.11. The van der Waals surface area contributed by atoms with Crippen molar-refractivity contribution in [2.75, 3.05) is 11.9 Å². The average molecular weight is 405 g/mol. The van der Waals surface area contributed by atoms with Gasteiger partial charge in [-0.05, 0) is 50.8 Å².